The molecule has 0 aliphatic heterocycles. The van der Waals surface area contributed by atoms with Crippen LogP contribution >= 0.6 is 0 Å². The van der Waals surface area contributed by atoms with Crippen LogP contribution in [0.15, 0.2) is 10.6 Å². The predicted octanol–water partition coefficient (Wildman–Crippen LogP) is 1.79. The zero-order chi connectivity index (χ0) is 18.0. The summed E-state index contributed by atoms with van der Waals surface area (Å²) in [5, 5.41) is 6.98. The number of carbonyl (C=O) groups excluding carboxylic acids is 2. The van der Waals surface area contributed by atoms with Gasteiger partial charge in [0.25, 0.3) is 5.91 Å². The van der Waals surface area contributed by atoms with Gasteiger partial charge in [0.1, 0.15) is 5.76 Å². The molecule has 0 spiro atoms. The number of rotatable bonds is 6. The second-order valence-corrected chi connectivity index (χ2v) is 7.56. The van der Waals surface area contributed by atoms with Gasteiger partial charge < -0.3 is 20.5 Å². The van der Waals surface area contributed by atoms with Crippen molar-refractivity contribution in [3.05, 3.63) is 17.5 Å². The molecular weight excluding hydrogens is 320 g/mol. The first-order valence-corrected chi connectivity index (χ1v) is 9.22. The summed E-state index contributed by atoms with van der Waals surface area (Å²) in [6.45, 7) is 1.83. The molecule has 1 heterocycles. The van der Waals surface area contributed by atoms with Gasteiger partial charge in [-0.05, 0) is 45.4 Å². The van der Waals surface area contributed by atoms with Gasteiger partial charge in [-0.1, -0.05) is 5.16 Å². The van der Waals surface area contributed by atoms with Crippen molar-refractivity contribution in [2.24, 2.45) is 5.73 Å². The van der Waals surface area contributed by atoms with E-state index in [1.807, 2.05) is 14.0 Å². The van der Waals surface area contributed by atoms with Gasteiger partial charge >= 0.3 is 0 Å². The quantitative estimate of drug-likeness (QED) is 0.816. The van der Waals surface area contributed by atoms with Crippen molar-refractivity contribution in [1.29, 1.82) is 0 Å². The van der Waals surface area contributed by atoms with E-state index in [9.17, 15) is 9.59 Å². The monoisotopic (exact) mass is 348 g/mol. The average molecular weight is 348 g/mol. The number of hydrogen-bond acceptors (Lipinski definition) is 5. The Balaban J connectivity index is 1.48. The SMILES string of the molecule is C[C@H](N)CC(=O)NC1CCC(N(C)C(=O)c2cc(C3CC3)on2)CC1. The van der Waals surface area contributed by atoms with Crippen LogP contribution in [0.1, 0.15) is 74.0 Å². The smallest absolute Gasteiger partial charge is 0.276 e. The molecule has 0 aromatic carbocycles. The Kier molecular flexibility index (Phi) is 5.42. The van der Waals surface area contributed by atoms with Crippen molar-refractivity contribution < 1.29 is 14.1 Å². The minimum Gasteiger partial charge on any atom is -0.360 e. The van der Waals surface area contributed by atoms with E-state index < -0.39 is 0 Å². The summed E-state index contributed by atoms with van der Waals surface area (Å²) in [6.07, 6.45) is 6.10. The topological polar surface area (TPSA) is 101 Å². The van der Waals surface area contributed by atoms with Crippen LogP contribution in [0.5, 0.6) is 0 Å². The normalized spacial score (nSPS) is 24.6. The van der Waals surface area contributed by atoms with Gasteiger partial charge in [0.05, 0.1) is 0 Å². The number of aromatic nitrogens is 1. The molecule has 3 rings (SSSR count). The Morgan fingerprint density at radius 2 is 2.00 bits per heavy atom. The van der Waals surface area contributed by atoms with E-state index in [-0.39, 0.29) is 29.9 Å². The molecule has 0 unspecified atom stereocenters. The minimum absolute atomic E-state index is 0.0121. The first-order valence-electron chi connectivity index (χ1n) is 9.22. The minimum atomic E-state index is -0.122. The lowest BCUT2D eigenvalue weighted by molar-refractivity contribution is -0.122. The molecule has 138 valence electrons. The van der Waals surface area contributed by atoms with Crippen LogP contribution in [0, 0.1) is 0 Å². The van der Waals surface area contributed by atoms with Crippen molar-refractivity contribution >= 4 is 11.8 Å². The molecule has 0 radical (unpaired) electrons. The van der Waals surface area contributed by atoms with Crippen LogP contribution in [0.4, 0.5) is 0 Å². The second kappa shape index (κ2) is 7.56. The van der Waals surface area contributed by atoms with Crippen molar-refractivity contribution in [1.82, 2.24) is 15.4 Å². The van der Waals surface area contributed by atoms with Gasteiger partial charge in [-0.25, -0.2) is 0 Å². The van der Waals surface area contributed by atoms with E-state index in [4.69, 9.17) is 10.3 Å². The van der Waals surface area contributed by atoms with Gasteiger partial charge in [0, 0.05) is 43.6 Å². The Hall–Kier alpha value is -1.89. The highest BCUT2D eigenvalue weighted by Crippen LogP contribution is 2.40. The third kappa shape index (κ3) is 4.60. The largest absolute Gasteiger partial charge is 0.360 e. The lowest BCUT2D eigenvalue weighted by atomic mass is 9.90. The van der Waals surface area contributed by atoms with Crippen LogP contribution in [0.3, 0.4) is 0 Å². The van der Waals surface area contributed by atoms with Crippen LogP contribution in [-0.4, -0.2) is 47.0 Å². The summed E-state index contributed by atoms with van der Waals surface area (Å²) in [6, 6.07) is 2.02. The van der Waals surface area contributed by atoms with Gasteiger partial charge in [-0.2, -0.15) is 0 Å². The third-order valence-electron chi connectivity index (χ3n) is 5.16. The van der Waals surface area contributed by atoms with E-state index in [1.54, 1.807) is 11.0 Å². The molecular formula is C18H28N4O3. The van der Waals surface area contributed by atoms with Crippen LogP contribution < -0.4 is 11.1 Å². The molecule has 3 N–H and O–H groups in total. The zero-order valence-corrected chi connectivity index (χ0v) is 15.0. The molecule has 2 amide bonds. The van der Waals surface area contributed by atoms with E-state index in [0.717, 1.165) is 44.3 Å². The van der Waals surface area contributed by atoms with Crippen LogP contribution in [0.2, 0.25) is 0 Å². The number of hydrogen-bond donors (Lipinski definition) is 2. The highest BCUT2D eigenvalue weighted by atomic mass is 16.5. The summed E-state index contributed by atoms with van der Waals surface area (Å²) in [7, 11) is 1.83. The van der Waals surface area contributed by atoms with Crippen molar-refractivity contribution in [3.63, 3.8) is 0 Å². The molecule has 0 bridgehead atoms. The highest BCUT2D eigenvalue weighted by Gasteiger charge is 2.32. The molecule has 2 aliphatic rings. The summed E-state index contributed by atoms with van der Waals surface area (Å²) >= 11 is 0. The van der Waals surface area contributed by atoms with Crippen LogP contribution in [-0.2, 0) is 4.79 Å². The summed E-state index contributed by atoms with van der Waals surface area (Å²) < 4.78 is 5.28. The molecule has 1 aromatic heterocycles. The summed E-state index contributed by atoms with van der Waals surface area (Å²) in [4.78, 5) is 26.2. The predicted molar refractivity (Wildman–Crippen MR) is 93.0 cm³/mol. The molecule has 2 aliphatic carbocycles. The van der Waals surface area contributed by atoms with Gasteiger partial charge in [0.2, 0.25) is 5.91 Å². The van der Waals surface area contributed by atoms with E-state index >= 15 is 0 Å². The maximum atomic E-state index is 12.6. The van der Waals surface area contributed by atoms with Crippen molar-refractivity contribution in [2.75, 3.05) is 7.05 Å². The molecule has 25 heavy (non-hydrogen) atoms. The zero-order valence-electron chi connectivity index (χ0n) is 15.0. The molecule has 7 nitrogen and oxygen atoms in total. The lowest BCUT2D eigenvalue weighted by Gasteiger charge is -2.34. The number of amides is 2. The first-order chi connectivity index (χ1) is 11.9. The maximum absolute atomic E-state index is 12.6. The standard InChI is InChI=1S/C18H28N4O3/c1-11(19)9-17(23)20-13-5-7-14(8-6-13)22(2)18(24)15-10-16(25-21-15)12-3-4-12/h10-14H,3-9,19H2,1-2H3,(H,20,23)/t11-,13?,14?/m0/s1. The van der Waals surface area contributed by atoms with Crippen molar-refractivity contribution in [3.8, 4) is 0 Å². The molecule has 1 aromatic rings. The molecule has 2 fully saturated rings. The number of nitrogens with zero attached hydrogens (tertiary/aromatic N) is 2. The summed E-state index contributed by atoms with van der Waals surface area (Å²) in [5.41, 5.74) is 6.05. The van der Waals surface area contributed by atoms with Gasteiger partial charge in [-0.3, -0.25) is 9.59 Å². The van der Waals surface area contributed by atoms with E-state index in [0.29, 0.717) is 18.0 Å². The highest BCUT2D eigenvalue weighted by molar-refractivity contribution is 5.92. The first kappa shape index (κ1) is 17.9. The Labute approximate surface area is 148 Å². The van der Waals surface area contributed by atoms with Gasteiger partial charge in [-0.15, -0.1) is 0 Å². The molecule has 7 heteroatoms. The average Bonchev–Trinajstić information content (AvgIpc) is 3.30. The summed E-state index contributed by atoms with van der Waals surface area (Å²) in [5.74, 6) is 1.21. The van der Waals surface area contributed by atoms with Crippen molar-refractivity contribution in [2.45, 2.75) is 75.9 Å². The van der Waals surface area contributed by atoms with E-state index in [2.05, 4.69) is 10.5 Å². The fourth-order valence-corrected chi connectivity index (χ4v) is 3.48. The molecule has 2 saturated carbocycles. The number of carbonyl (C=O) groups is 2. The van der Waals surface area contributed by atoms with Crippen LogP contribution in [0.25, 0.3) is 0 Å². The molecule has 0 saturated heterocycles. The third-order valence-corrected chi connectivity index (χ3v) is 5.16. The second-order valence-electron chi connectivity index (χ2n) is 7.56. The lowest BCUT2D eigenvalue weighted by Crippen LogP contribution is -2.45. The molecule has 1 atom stereocenters. The maximum Gasteiger partial charge on any atom is 0.276 e. The Bertz CT molecular complexity index is 616. The fraction of sp³-hybridized carbons (Fsp3) is 0.722. The Morgan fingerprint density at radius 3 is 2.60 bits per heavy atom. The van der Waals surface area contributed by atoms with Gasteiger partial charge in [0.15, 0.2) is 5.69 Å². The number of nitrogens with one attached hydrogen (secondary N) is 1. The van der Waals surface area contributed by atoms with E-state index in [1.165, 1.54) is 0 Å². The number of nitrogens with two attached hydrogens (primary N) is 1. The fourth-order valence-electron chi connectivity index (χ4n) is 3.48. The Morgan fingerprint density at radius 1 is 1.32 bits per heavy atom.